The average molecular weight is 819 g/mol. The molecule has 0 amide bonds. The second-order valence-corrected chi connectivity index (χ2v) is 16.5. The zero-order valence-electron chi connectivity index (χ0n) is 34.7. The van der Waals surface area contributed by atoms with Crippen molar-refractivity contribution in [2.24, 2.45) is 0 Å². The molecule has 0 aliphatic heterocycles. The minimum Gasteiger partial charge on any atom is -0.456 e. The Hall–Kier alpha value is -8.60. The molecule has 64 heavy (non-hydrogen) atoms. The SMILES string of the molecule is c1ccc(-c2ccc3c(c2)oc2cc(N(c4ccc5c6ccccc6n(-c6ccccc6)c5c4)c4ccc(-c5ccccc5)c5oc6cc(-c7ccccc7)ccc6c45)ccc23)cc1. The standard InChI is InChI=1S/C60H38N2O2/c1-5-15-39(16-6-1)42-25-29-50-51-32-28-46(38-58(51)63-56(50)35-42)61(45-27-31-49-48-23-13-14-24-53(48)62(55(49)37-45)44-21-11-4-12-22-44)54-34-33-47(41-19-9-3-10-20-41)60-59(54)52-30-26-43(36-57(52)64-60)40-17-7-2-8-18-40/h1-38H. The number of rotatable bonds is 7. The van der Waals surface area contributed by atoms with Gasteiger partial charge in [-0.05, 0) is 107 Å². The maximum absolute atomic E-state index is 7.06. The number of aromatic nitrogens is 1. The van der Waals surface area contributed by atoms with Crippen LogP contribution in [0.1, 0.15) is 0 Å². The summed E-state index contributed by atoms with van der Waals surface area (Å²) in [4.78, 5) is 2.38. The quantitative estimate of drug-likeness (QED) is 0.161. The minimum absolute atomic E-state index is 0.823. The summed E-state index contributed by atoms with van der Waals surface area (Å²) in [7, 11) is 0. The van der Waals surface area contributed by atoms with Crippen molar-refractivity contribution >= 4 is 82.7 Å². The fraction of sp³-hybridized carbons (Fsp3) is 0. The van der Waals surface area contributed by atoms with E-state index >= 15 is 0 Å². The van der Waals surface area contributed by atoms with Gasteiger partial charge in [0.2, 0.25) is 0 Å². The highest BCUT2D eigenvalue weighted by molar-refractivity contribution is 6.18. The van der Waals surface area contributed by atoms with E-state index in [0.717, 1.165) is 111 Å². The summed E-state index contributed by atoms with van der Waals surface area (Å²) in [6.07, 6.45) is 0. The van der Waals surface area contributed by atoms with Crippen molar-refractivity contribution in [2.45, 2.75) is 0 Å². The second-order valence-electron chi connectivity index (χ2n) is 16.5. The molecule has 0 unspecified atom stereocenters. The zero-order valence-corrected chi connectivity index (χ0v) is 34.7. The molecule has 0 atom stereocenters. The molecular formula is C60H38N2O2. The lowest BCUT2D eigenvalue weighted by Gasteiger charge is -2.27. The van der Waals surface area contributed by atoms with E-state index in [4.69, 9.17) is 8.83 Å². The molecule has 0 bridgehead atoms. The number of benzene rings is 10. The van der Waals surface area contributed by atoms with Gasteiger partial charge in [-0.25, -0.2) is 0 Å². The number of hydrogen-bond donors (Lipinski definition) is 0. The predicted molar refractivity (Wildman–Crippen MR) is 266 cm³/mol. The van der Waals surface area contributed by atoms with Gasteiger partial charge in [-0.2, -0.15) is 0 Å². The molecule has 0 saturated heterocycles. The molecule has 13 rings (SSSR count). The first-order valence-electron chi connectivity index (χ1n) is 21.7. The average Bonchev–Trinajstić information content (AvgIpc) is 4.04. The van der Waals surface area contributed by atoms with Gasteiger partial charge in [-0.15, -0.1) is 0 Å². The van der Waals surface area contributed by atoms with E-state index in [2.05, 4.69) is 234 Å². The predicted octanol–water partition coefficient (Wildman–Crippen LogP) is 17.1. The summed E-state index contributed by atoms with van der Waals surface area (Å²) in [6, 6.07) is 82.0. The van der Waals surface area contributed by atoms with Gasteiger partial charge < -0.3 is 18.3 Å². The van der Waals surface area contributed by atoms with Crippen molar-refractivity contribution in [3.8, 4) is 39.1 Å². The summed E-state index contributed by atoms with van der Waals surface area (Å²) < 4.78 is 16.2. The summed E-state index contributed by atoms with van der Waals surface area (Å²) in [5.74, 6) is 0. The molecule has 13 aromatic rings. The van der Waals surface area contributed by atoms with Crippen LogP contribution in [-0.4, -0.2) is 4.57 Å². The van der Waals surface area contributed by atoms with Gasteiger partial charge in [0.25, 0.3) is 0 Å². The van der Waals surface area contributed by atoms with Gasteiger partial charge in [0.1, 0.15) is 22.3 Å². The van der Waals surface area contributed by atoms with Crippen molar-refractivity contribution in [2.75, 3.05) is 4.90 Å². The molecule has 4 nitrogen and oxygen atoms in total. The minimum atomic E-state index is 0.823. The van der Waals surface area contributed by atoms with E-state index in [1.807, 2.05) is 6.07 Å². The smallest absolute Gasteiger partial charge is 0.145 e. The lowest BCUT2D eigenvalue weighted by atomic mass is 9.98. The van der Waals surface area contributed by atoms with E-state index in [1.165, 1.54) is 10.8 Å². The van der Waals surface area contributed by atoms with Gasteiger partial charge in [-0.3, -0.25) is 0 Å². The normalized spacial score (nSPS) is 11.8. The highest BCUT2D eigenvalue weighted by Gasteiger charge is 2.25. The van der Waals surface area contributed by atoms with Gasteiger partial charge >= 0.3 is 0 Å². The van der Waals surface area contributed by atoms with Crippen molar-refractivity contribution in [1.29, 1.82) is 0 Å². The van der Waals surface area contributed by atoms with Gasteiger partial charge in [0.15, 0.2) is 0 Å². The Balaban J connectivity index is 1.09. The molecule has 3 aromatic heterocycles. The zero-order chi connectivity index (χ0) is 42.1. The molecule has 10 aromatic carbocycles. The van der Waals surface area contributed by atoms with E-state index in [0.29, 0.717) is 0 Å². The third-order valence-corrected chi connectivity index (χ3v) is 12.8. The van der Waals surface area contributed by atoms with Crippen molar-refractivity contribution in [3.63, 3.8) is 0 Å². The summed E-state index contributed by atoms with van der Waals surface area (Å²) in [6.45, 7) is 0. The third kappa shape index (κ3) is 5.77. The molecule has 0 spiro atoms. The van der Waals surface area contributed by atoms with E-state index in [1.54, 1.807) is 0 Å². The Morgan fingerprint density at radius 2 is 0.844 bits per heavy atom. The first-order chi connectivity index (χ1) is 31.7. The maximum atomic E-state index is 7.06. The number of fused-ring (bicyclic) bond motifs is 9. The van der Waals surface area contributed by atoms with Crippen molar-refractivity contribution in [1.82, 2.24) is 4.57 Å². The number of para-hydroxylation sites is 2. The summed E-state index contributed by atoms with van der Waals surface area (Å²) >= 11 is 0. The number of hydrogen-bond acceptors (Lipinski definition) is 3. The van der Waals surface area contributed by atoms with E-state index in [9.17, 15) is 0 Å². The Kier molecular flexibility index (Phi) is 8.18. The fourth-order valence-electron chi connectivity index (χ4n) is 9.80. The molecule has 0 aliphatic rings. The van der Waals surface area contributed by atoms with Crippen LogP contribution in [0.25, 0.3) is 105 Å². The molecule has 3 heterocycles. The molecule has 300 valence electrons. The van der Waals surface area contributed by atoms with Crippen molar-refractivity contribution in [3.05, 3.63) is 231 Å². The maximum Gasteiger partial charge on any atom is 0.145 e. The van der Waals surface area contributed by atoms with Crippen LogP contribution in [0.3, 0.4) is 0 Å². The molecule has 0 radical (unpaired) electrons. The number of furan rings is 2. The molecule has 0 fully saturated rings. The Labute approximate surface area is 369 Å². The van der Waals surface area contributed by atoms with Crippen LogP contribution in [0.5, 0.6) is 0 Å². The van der Waals surface area contributed by atoms with Crippen LogP contribution in [0.2, 0.25) is 0 Å². The molecule has 0 saturated carbocycles. The van der Waals surface area contributed by atoms with Crippen LogP contribution < -0.4 is 4.90 Å². The van der Waals surface area contributed by atoms with E-state index < -0.39 is 0 Å². The molecule has 4 heteroatoms. The molecular weight excluding hydrogens is 781 g/mol. The molecule has 0 aliphatic carbocycles. The Morgan fingerprint density at radius 3 is 1.53 bits per heavy atom. The lowest BCUT2D eigenvalue weighted by Crippen LogP contribution is -2.10. The summed E-state index contributed by atoms with van der Waals surface area (Å²) in [5.41, 5.74) is 16.4. The van der Waals surface area contributed by atoms with E-state index in [-0.39, 0.29) is 0 Å². The highest BCUT2D eigenvalue weighted by atomic mass is 16.3. The number of nitrogens with zero attached hydrogens (tertiary/aromatic N) is 2. The summed E-state index contributed by atoms with van der Waals surface area (Å²) in [5, 5.41) is 6.65. The largest absolute Gasteiger partial charge is 0.456 e. The first-order valence-corrected chi connectivity index (χ1v) is 21.7. The van der Waals surface area contributed by atoms with Crippen LogP contribution >= 0.6 is 0 Å². The fourth-order valence-corrected chi connectivity index (χ4v) is 9.80. The topological polar surface area (TPSA) is 34.5 Å². The van der Waals surface area contributed by atoms with Gasteiger partial charge in [-0.1, -0.05) is 146 Å². The van der Waals surface area contributed by atoms with Crippen molar-refractivity contribution < 1.29 is 8.83 Å². The Morgan fingerprint density at radius 1 is 0.328 bits per heavy atom. The van der Waals surface area contributed by atoms with Crippen LogP contribution in [-0.2, 0) is 0 Å². The second kappa shape index (κ2) is 14.5. The van der Waals surface area contributed by atoms with Crippen LogP contribution in [0.4, 0.5) is 17.1 Å². The molecule has 0 N–H and O–H groups in total. The number of anilines is 3. The van der Waals surface area contributed by atoms with Gasteiger partial charge in [0.05, 0.1) is 22.1 Å². The lowest BCUT2D eigenvalue weighted by molar-refractivity contribution is 0.669. The monoisotopic (exact) mass is 818 g/mol. The highest BCUT2D eigenvalue weighted by Crippen LogP contribution is 2.48. The third-order valence-electron chi connectivity index (χ3n) is 12.8. The van der Waals surface area contributed by atoms with Gasteiger partial charge in [0, 0.05) is 55.6 Å². The van der Waals surface area contributed by atoms with Crippen LogP contribution in [0.15, 0.2) is 239 Å². The van der Waals surface area contributed by atoms with Crippen LogP contribution in [0, 0.1) is 0 Å². The Bertz CT molecular complexity index is 3880. The first kappa shape index (κ1) is 36.1.